The van der Waals surface area contributed by atoms with E-state index in [9.17, 15) is 9.59 Å². The maximum absolute atomic E-state index is 13.2. The molecule has 0 aromatic carbocycles. The molecule has 4 aromatic rings. The zero-order valence-electron chi connectivity index (χ0n) is 18.5. The summed E-state index contributed by atoms with van der Waals surface area (Å²) in [5, 5.41) is 7.89. The SMILES string of the molecule is CC(=O)NCc1ccc(-c2csc(NC(=O)c3cc(C)nc4c3nc3n4CCCCC3)n2)o1. The van der Waals surface area contributed by atoms with Crippen molar-refractivity contribution < 1.29 is 14.0 Å². The molecule has 0 spiro atoms. The molecule has 5 heterocycles. The molecule has 2 N–H and O–H groups in total. The Balaban J connectivity index is 1.37. The molecule has 170 valence electrons. The van der Waals surface area contributed by atoms with Crippen molar-refractivity contribution >= 4 is 39.4 Å². The van der Waals surface area contributed by atoms with Crippen LogP contribution in [0.15, 0.2) is 28.0 Å². The number of pyridine rings is 1. The summed E-state index contributed by atoms with van der Waals surface area (Å²) in [4.78, 5) is 38.2. The molecule has 10 heteroatoms. The molecule has 1 aliphatic rings. The minimum absolute atomic E-state index is 0.124. The Hall–Kier alpha value is -3.53. The number of amides is 2. The number of thiazole rings is 1. The van der Waals surface area contributed by atoms with E-state index in [1.54, 1.807) is 18.2 Å². The van der Waals surface area contributed by atoms with Crippen molar-refractivity contribution in [3.63, 3.8) is 0 Å². The van der Waals surface area contributed by atoms with Crippen LogP contribution in [0.1, 0.15) is 53.8 Å². The monoisotopic (exact) mass is 464 g/mol. The molecule has 2 amide bonds. The fraction of sp³-hybridized carbons (Fsp3) is 0.348. The summed E-state index contributed by atoms with van der Waals surface area (Å²) in [7, 11) is 0. The molecule has 0 aliphatic carbocycles. The Morgan fingerprint density at radius 1 is 1.18 bits per heavy atom. The van der Waals surface area contributed by atoms with Crippen LogP contribution in [0.2, 0.25) is 0 Å². The lowest BCUT2D eigenvalue weighted by molar-refractivity contribution is -0.119. The molecule has 1 aliphatic heterocycles. The number of imidazole rings is 1. The number of nitrogens with one attached hydrogen (secondary N) is 2. The van der Waals surface area contributed by atoms with Crippen LogP contribution in [0.3, 0.4) is 0 Å². The van der Waals surface area contributed by atoms with Gasteiger partial charge in [0, 0.05) is 31.0 Å². The Kier molecular flexibility index (Phi) is 5.67. The normalized spacial score (nSPS) is 13.5. The summed E-state index contributed by atoms with van der Waals surface area (Å²) in [6.07, 6.45) is 4.28. The zero-order valence-corrected chi connectivity index (χ0v) is 19.3. The third kappa shape index (κ3) is 4.38. The van der Waals surface area contributed by atoms with Gasteiger partial charge in [0.2, 0.25) is 5.91 Å². The Bertz CT molecular complexity index is 1350. The van der Waals surface area contributed by atoms with E-state index in [0.29, 0.717) is 40.0 Å². The molecule has 0 atom stereocenters. The van der Waals surface area contributed by atoms with Gasteiger partial charge in [-0.2, -0.15) is 0 Å². The number of carbonyl (C=O) groups is 2. The topological polar surface area (TPSA) is 115 Å². The van der Waals surface area contributed by atoms with Gasteiger partial charge in [-0.05, 0) is 38.0 Å². The van der Waals surface area contributed by atoms with Gasteiger partial charge in [0.25, 0.3) is 5.91 Å². The van der Waals surface area contributed by atoms with Gasteiger partial charge in [0.15, 0.2) is 16.5 Å². The summed E-state index contributed by atoms with van der Waals surface area (Å²) in [6, 6.07) is 5.37. The fourth-order valence-corrected chi connectivity index (χ4v) is 4.71. The highest BCUT2D eigenvalue weighted by Gasteiger charge is 2.21. The van der Waals surface area contributed by atoms with Gasteiger partial charge in [-0.1, -0.05) is 6.42 Å². The van der Waals surface area contributed by atoms with Gasteiger partial charge in [-0.15, -0.1) is 11.3 Å². The maximum Gasteiger partial charge on any atom is 0.259 e. The van der Waals surface area contributed by atoms with Crippen molar-refractivity contribution in [3.8, 4) is 11.5 Å². The lowest BCUT2D eigenvalue weighted by Gasteiger charge is -2.06. The number of fused-ring (bicyclic) bond motifs is 3. The van der Waals surface area contributed by atoms with Gasteiger partial charge in [0.05, 0.1) is 12.1 Å². The number of hydrogen-bond acceptors (Lipinski definition) is 7. The minimum Gasteiger partial charge on any atom is -0.458 e. The number of nitrogens with zero attached hydrogens (tertiary/aromatic N) is 4. The van der Waals surface area contributed by atoms with Crippen molar-refractivity contribution in [2.24, 2.45) is 0 Å². The van der Waals surface area contributed by atoms with E-state index in [-0.39, 0.29) is 11.8 Å². The third-order valence-corrected chi connectivity index (χ3v) is 6.35. The summed E-state index contributed by atoms with van der Waals surface area (Å²) < 4.78 is 7.90. The van der Waals surface area contributed by atoms with Crippen LogP contribution in [-0.4, -0.2) is 31.3 Å². The Morgan fingerprint density at radius 2 is 2.06 bits per heavy atom. The minimum atomic E-state index is -0.259. The quantitative estimate of drug-likeness (QED) is 0.460. The molecule has 0 fully saturated rings. The van der Waals surface area contributed by atoms with Gasteiger partial charge >= 0.3 is 0 Å². The lowest BCUT2D eigenvalue weighted by Crippen LogP contribution is -2.18. The summed E-state index contributed by atoms with van der Waals surface area (Å²) in [6.45, 7) is 4.54. The largest absolute Gasteiger partial charge is 0.458 e. The molecule has 0 saturated heterocycles. The van der Waals surface area contributed by atoms with E-state index in [2.05, 4.69) is 25.2 Å². The number of furan rings is 1. The molecule has 5 rings (SSSR count). The van der Waals surface area contributed by atoms with Crippen LogP contribution in [0.4, 0.5) is 5.13 Å². The van der Waals surface area contributed by atoms with Gasteiger partial charge in [-0.25, -0.2) is 15.0 Å². The highest BCUT2D eigenvalue weighted by atomic mass is 32.1. The summed E-state index contributed by atoms with van der Waals surface area (Å²) in [5.74, 6) is 1.82. The van der Waals surface area contributed by atoms with Crippen molar-refractivity contribution in [1.29, 1.82) is 0 Å². The standard InChI is InChI=1S/C23H24N6O3S/c1-13-10-16(20-21(25-13)29-9-5-3-4-6-19(29)27-20)22(31)28-23-26-17(12-33-23)18-8-7-15(32-18)11-24-14(2)30/h7-8,10,12H,3-6,9,11H2,1-2H3,(H,24,30)(H,26,28,31). The molecule has 0 bridgehead atoms. The van der Waals surface area contributed by atoms with Crippen LogP contribution >= 0.6 is 11.3 Å². The first kappa shape index (κ1) is 21.3. The Morgan fingerprint density at radius 3 is 2.91 bits per heavy atom. The third-order valence-electron chi connectivity index (χ3n) is 5.59. The first-order valence-electron chi connectivity index (χ1n) is 10.9. The molecule has 0 radical (unpaired) electrons. The first-order valence-corrected chi connectivity index (χ1v) is 11.8. The first-order chi connectivity index (χ1) is 16.0. The molecule has 33 heavy (non-hydrogen) atoms. The number of hydrogen-bond donors (Lipinski definition) is 2. The van der Waals surface area contributed by atoms with E-state index >= 15 is 0 Å². The van der Waals surface area contributed by atoms with E-state index in [1.807, 2.05) is 12.3 Å². The molecule has 9 nitrogen and oxygen atoms in total. The smallest absolute Gasteiger partial charge is 0.259 e. The highest BCUT2D eigenvalue weighted by Crippen LogP contribution is 2.28. The molecule has 4 aromatic heterocycles. The average molecular weight is 465 g/mol. The number of anilines is 1. The van der Waals surface area contributed by atoms with E-state index in [4.69, 9.17) is 9.40 Å². The van der Waals surface area contributed by atoms with Gasteiger partial charge in [0.1, 0.15) is 22.8 Å². The summed E-state index contributed by atoms with van der Waals surface area (Å²) >= 11 is 1.32. The van der Waals surface area contributed by atoms with Crippen molar-refractivity contribution in [2.45, 2.75) is 52.6 Å². The fourth-order valence-electron chi connectivity index (χ4n) is 4.02. The van der Waals surface area contributed by atoms with Crippen LogP contribution in [-0.2, 0) is 24.3 Å². The molecular formula is C23H24N6O3S. The molecule has 0 unspecified atom stereocenters. The number of aryl methyl sites for hydroxylation is 3. The van der Waals surface area contributed by atoms with E-state index in [1.165, 1.54) is 24.7 Å². The van der Waals surface area contributed by atoms with Gasteiger partial charge in [-0.3, -0.25) is 14.9 Å². The second-order valence-electron chi connectivity index (χ2n) is 8.14. The van der Waals surface area contributed by atoms with Crippen LogP contribution in [0.5, 0.6) is 0 Å². The predicted octanol–water partition coefficient (Wildman–Crippen LogP) is 4.07. The van der Waals surface area contributed by atoms with Crippen molar-refractivity contribution in [3.05, 3.63) is 46.4 Å². The van der Waals surface area contributed by atoms with Crippen molar-refractivity contribution in [1.82, 2.24) is 24.8 Å². The van der Waals surface area contributed by atoms with Crippen LogP contribution in [0, 0.1) is 6.92 Å². The van der Waals surface area contributed by atoms with E-state index < -0.39 is 0 Å². The van der Waals surface area contributed by atoms with Crippen LogP contribution in [0.25, 0.3) is 22.6 Å². The summed E-state index contributed by atoms with van der Waals surface area (Å²) in [5.41, 5.74) is 3.32. The number of carbonyl (C=O) groups excluding carboxylic acids is 2. The number of aromatic nitrogens is 4. The second-order valence-corrected chi connectivity index (χ2v) is 9.00. The van der Waals surface area contributed by atoms with Gasteiger partial charge < -0.3 is 14.3 Å². The second kappa shape index (κ2) is 8.78. The van der Waals surface area contributed by atoms with E-state index in [0.717, 1.165) is 43.0 Å². The predicted molar refractivity (Wildman–Crippen MR) is 125 cm³/mol. The average Bonchev–Trinajstić information content (AvgIpc) is 3.47. The molecular weight excluding hydrogens is 440 g/mol. The molecule has 0 saturated carbocycles. The van der Waals surface area contributed by atoms with Crippen LogP contribution < -0.4 is 10.6 Å². The highest BCUT2D eigenvalue weighted by molar-refractivity contribution is 7.14. The number of rotatable bonds is 5. The zero-order chi connectivity index (χ0) is 22.9. The maximum atomic E-state index is 13.2. The lowest BCUT2D eigenvalue weighted by atomic mass is 10.2. The van der Waals surface area contributed by atoms with Crippen molar-refractivity contribution in [2.75, 3.05) is 5.32 Å². The Labute approximate surface area is 194 Å².